The minimum absolute atomic E-state index is 0. The molecule has 0 N–H and O–H groups in total. The maximum absolute atomic E-state index is 4.93. The van der Waals surface area contributed by atoms with Crippen LogP contribution in [0.1, 0.15) is 227 Å². The molecule has 10 aliphatic rings. The number of hydrogen-bond acceptors (Lipinski definition) is 0. The number of fused-ring (bicyclic) bond motifs is 12. The van der Waals surface area contributed by atoms with E-state index in [9.17, 15) is 0 Å². The zero-order chi connectivity index (χ0) is 75.2. The molecular weight excluding hydrogens is 1840 g/mol. The number of allylic oxidation sites excluding steroid dienone is 2. The summed E-state index contributed by atoms with van der Waals surface area (Å²) < 4.78 is 2.76. The fourth-order valence-corrected chi connectivity index (χ4v) is 42.3. The fraction of sp³-hybridized carbons (Fsp3) is 0.562. The summed E-state index contributed by atoms with van der Waals surface area (Å²) >= 11 is 15.9. The summed E-state index contributed by atoms with van der Waals surface area (Å²) in [6, 6.07) is 51.2. The van der Waals surface area contributed by atoms with Crippen molar-refractivity contribution in [3.8, 4) is 0 Å². The van der Waals surface area contributed by atoms with E-state index >= 15 is 0 Å². The number of benzene rings is 6. The van der Waals surface area contributed by atoms with Crippen LogP contribution in [0.3, 0.4) is 0 Å². The molecule has 4 nitrogen and oxygen atoms in total. The van der Waals surface area contributed by atoms with Crippen molar-refractivity contribution < 1.29 is 47.1 Å². The summed E-state index contributed by atoms with van der Waals surface area (Å²) in [4.78, 5) is 1.64. The zero-order valence-corrected chi connectivity index (χ0v) is 83.1. The average Bonchev–Trinajstić information content (AvgIpc) is 1.47. The van der Waals surface area contributed by atoms with Crippen molar-refractivity contribution in [3.63, 3.8) is 0 Å². The van der Waals surface area contributed by atoms with E-state index in [1.54, 1.807) is 93.4 Å². The first-order valence-electron chi connectivity index (χ1n) is 42.3. The Labute approximate surface area is 742 Å². The Bertz CT molecular complexity index is 3520. The molecular formula is C96H130Br4Cl2N4Si2Zr2. The van der Waals surface area contributed by atoms with E-state index in [1.165, 1.54) is 124 Å². The first-order chi connectivity index (χ1) is 52.1. The summed E-state index contributed by atoms with van der Waals surface area (Å²) in [6.07, 6.45) is 36.0. The van der Waals surface area contributed by atoms with Crippen LogP contribution in [0.4, 0.5) is 22.7 Å². The Hall–Kier alpha value is -1.30. The van der Waals surface area contributed by atoms with Crippen LogP contribution in [0, 0.1) is 74.0 Å². The predicted molar refractivity (Wildman–Crippen MR) is 493 cm³/mol. The van der Waals surface area contributed by atoms with E-state index in [4.69, 9.17) is 17.0 Å². The molecule has 16 rings (SSSR count). The number of hydrogen-bond donors (Lipinski definition) is 0. The summed E-state index contributed by atoms with van der Waals surface area (Å²) in [5.41, 5.74) is 24.0. The molecule has 0 saturated heterocycles. The fourth-order valence-electron chi connectivity index (χ4n) is 24.8. The van der Waals surface area contributed by atoms with Crippen molar-refractivity contribution in [3.05, 3.63) is 234 Å². The van der Waals surface area contributed by atoms with Crippen LogP contribution in [-0.4, -0.2) is 52.0 Å². The summed E-state index contributed by atoms with van der Waals surface area (Å²) in [5, 5.41) is 17.9. The molecule has 0 bridgehead atoms. The van der Waals surface area contributed by atoms with Gasteiger partial charge in [-0.3, -0.25) is 0 Å². The monoisotopic (exact) mass is 1960 g/mol. The van der Waals surface area contributed by atoms with Gasteiger partial charge in [-0.1, -0.05) is 313 Å². The minimum atomic E-state index is -1.82. The molecule has 6 aromatic rings. The van der Waals surface area contributed by atoms with Crippen LogP contribution < -0.4 is 0 Å². The van der Waals surface area contributed by atoms with Crippen molar-refractivity contribution in [2.45, 2.75) is 253 Å². The molecule has 16 unspecified atom stereocenters. The van der Waals surface area contributed by atoms with Gasteiger partial charge >= 0.3 is 64.1 Å². The summed E-state index contributed by atoms with van der Waals surface area (Å²) in [6.45, 7) is 24.2. The van der Waals surface area contributed by atoms with Crippen LogP contribution in [0.2, 0.25) is 35.3 Å². The van der Waals surface area contributed by atoms with E-state index in [0.29, 0.717) is 11.1 Å². The molecule has 0 heterocycles. The number of halogens is 6. The van der Waals surface area contributed by atoms with Gasteiger partial charge in [-0.05, 0) is 243 Å². The molecule has 0 aliphatic heterocycles. The second-order valence-electron chi connectivity index (χ2n) is 34.1. The molecule has 16 atom stereocenters. The topological polar surface area (TPSA) is 56.4 Å². The maximum atomic E-state index is 4.93. The van der Waals surface area contributed by atoms with E-state index in [2.05, 4.69) is 165 Å². The van der Waals surface area contributed by atoms with Gasteiger partial charge in [0.25, 0.3) is 0 Å². The molecule has 14 heteroatoms. The SMILES string of the molecule is CC[Si](CC)(C1C(C)=Cc2c1cc(Br)c1c2CCCC1)C1C(C)=Cc2c1cc(Br)c1c2CCCC1.CC[Si](CC)(C1C(C)CC2C3CCCCC3C(Br)CC21)C1C(C)CC2C3CCCCC3C(Br)CC21.[CH3-].[CH3-].[Cl][Zr+2][Cl].[Zr+4].c1ccc([N-]CCC[N-]c2ccccc2)cc1.c1ccc([N-]CCC[N-]c2ccccc2)cc1. The Morgan fingerprint density at radius 2 is 0.691 bits per heavy atom. The Morgan fingerprint density at radius 3 is 0.991 bits per heavy atom. The van der Waals surface area contributed by atoms with Crippen molar-refractivity contribution in [1.29, 1.82) is 0 Å². The van der Waals surface area contributed by atoms with Gasteiger partial charge in [0.05, 0.1) is 16.1 Å². The molecule has 592 valence electrons. The van der Waals surface area contributed by atoms with Crippen LogP contribution in [0.5, 0.6) is 0 Å². The van der Waals surface area contributed by atoms with E-state index in [-0.39, 0.29) is 41.1 Å². The van der Waals surface area contributed by atoms with Gasteiger partial charge in [-0.2, -0.15) is 0 Å². The van der Waals surface area contributed by atoms with Gasteiger partial charge in [-0.25, -0.2) is 0 Å². The largest absolute Gasteiger partial charge is 4.00 e. The van der Waals surface area contributed by atoms with Crippen LogP contribution in [0.25, 0.3) is 33.4 Å². The Kier molecular flexibility index (Phi) is 37.6. The molecule has 10 aliphatic carbocycles. The third kappa shape index (κ3) is 20.9. The molecule has 6 aromatic carbocycles. The van der Waals surface area contributed by atoms with Gasteiger partial charge in [0.1, 0.15) is 0 Å². The standard InChI is InChI=1S/C32H54Br2Si.C32H38Br2Si.2C15H16N2.2CH3.2ClH.2Zr/c2*1-5-35(6-2,31-19(3)15-25-21-11-7-9-13-23(21)29(33)17-27(25)31)32-20(4)16-26-22-12-8-10-14-24(22)30(34)18-28(26)32;2*1-3-8-14(9-4-1)16-12-7-13-17-15-10-5-2-6-11-15;;;;;;/h19-32H,5-18H2,1-4H3;15-18,31-32H,5-14H2,1-4H3;2*1-6,8-11H,7,12-13H2;2*1H3;2*1H;;/q;;2*-2;2*-1;;;2*+4/p-2. The van der Waals surface area contributed by atoms with Crippen molar-refractivity contribution in [2.24, 2.45) is 59.2 Å². The third-order valence-electron chi connectivity index (χ3n) is 28.9. The number of alkyl halides is 2. The number of para-hydroxylation sites is 4. The van der Waals surface area contributed by atoms with Gasteiger partial charge in [-0.15, -0.1) is 48.9 Å². The predicted octanol–water partition coefficient (Wildman–Crippen LogP) is 32.8. The zero-order valence-electron chi connectivity index (χ0n) is 68.4. The Balaban J connectivity index is 0.000000174. The first-order valence-corrected chi connectivity index (χ1v) is 57.2. The van der Waals surface area contributed by atoms with E-state index in [1.807, 2.05) is 121 Å². The molecule has 6 saturated carbocycles. The van der Waals surface area contributed by atoms with E-state index < -0.39 is 37.0 Å². The van der Waals surface area contributed by atoms with Crippen LogP contribution in [0.15, 0.2) is 154 Å². The van der Waals surface area contributed by atoms with Crippen molar-refractivity contribution in [1.82, 2.24) is 0 Å². The average molecular weight is 1970 g/mol. The molecule has 0 spiro atoms. The van der Waals surface area contributed by atoms with Gasteiger partial charge in [0, 0.05) is 29.7 Å². The molecule has 110 heavy (non-hydrogen) atoms. The molecule has 6 fully saturated rings. The second kappa shape index (κ2) is 44.7. The number of nitrogens with zero attached hydrogens (tertiary/aromatic N) is 4. The quantitative estimate of drug-likeness (QED) is 0.0317. The van der Waals surface area contributed by atoms with Crippen molar-refractivity contribution >= 4 is 132 Å². The van der Waals surface area contributed by atoms with Crippen molar-refractivity contribution in [2.75, 3.05) is 26.2 Å². The van der Waals surface area contributed by atoms with Crippen LogP contribution >= 0.6 is 80.7 Å². The maximum Gasteiger partial charge on any atom is 4.00 e. The number of rotatable bonds is 20. The summed E-state index contributed by atoms with van der Waals surface area (Å²) in [7, 11) is 6.61. The second-order valence-corrected chi connectivity index (χ2v) is 52.1. The molecule has 0 aromatic heterocycles. The van der Waals surface area contributed by atoms with Gasteiger partial charge < -0.3 is 36.1 Å². The summed E-state index contributed by atoms with van der Waals surface area (Å²) in [5.74, 6) is 10.4. The van der Waals surface area contributed by atoms with Crippen LogP contribution in [-0.2, 0) is 72.7 Å². The minimum Gasteiger partial charge on any atom is -0.684 e. The first kappa shape index (κ1) is 92.6. The van der Waals surface area contributed by atoms with Gasteiger partial charge in [0.15, 0.2) is 0 Å². The van der Waals surface area contributed by atoms with E-state index in [0.717, 1.165) is 142 Å². The third-order valence-corrected chi connectivity index (χ3v) is 46.1. The normalized spacial score (nSPS) is 27.6. The smallest absolute Gasteiger partial charge is 0.684 e. The molecule has 0 amide bonds. The molecule has 0 radical (unpaired) electrons. The Morgan fingerprint density at radius 1 is 0.400 bits per heavy atom. The van der Waals surface area contributed by atoms with Gasteiger partial charge in [0.2, 0.25) is 0 Å².